The smallest absolute Gasteiger partial charge is 0.253 e. The zero-order chi connectivity index (χ0) is 13.8. The van der Waals surface area contributed by atoms with Crippen LogP contribution >= 0.6 is 0 Å². The number of amides is 1. The lowest BCUT2D eigenvalue weighted by molar-refractivity contribution is 0.0793. The van der Waals surface area contributed by atoms with Gasteiger partial charge in [-0.1, -0.05) is 12.1 Å². The normalized spacial score (nSPS) is 22.4. The molecule has 4 heteroatoms. The Bertz CT molecular complexity index is 446. The minimum Gasteiger partial charge on any atom is -0.380 e. The minimum absolute atomic E-state index is 0.172. The summed E-state index contributed by atoms with van der Waals surface area (Å²) in [6, 6.07) is 8.46. The molecule has 1 amide bonds. The van der Waals surface area contributed by atoms with Gasteiger partial charge in [0.2, 0.25) is 0 Å². The van der Waals surface area contributed by atoms with Crippen LogP contribution in [-0.2, 0) is 11.3 Å². The Kier molecular flexibility index (Phi) is 4.33. The van der Waals surface area contributed by atoms with Gasteiger partial charge in [-0.3, -0.25) is 4.79 Å². The quantitative estimate of drug-likeness (QED) is 0.910. The second-order valence-electron chi connectivity index (χ2n) is 5.64. The lowest BCUT2D eigenvalue weighted by Gasteiger charge is -2.15. The number of hydrogen-bond acceptors (Lipinski definition) is 3. The number of nitrogens with zero attached hydrogens (tertiary/aromatic N) is 1. The Labute approximate surface area is 120 Å². The summed E-state index contributed by atoms with van der Waals surface area (Å²) in [4.78, 5) is 14.2. The van der Waals surface area contributed by atoms with Crippen molar-refractivity contribution in [3.8, 4) is 0 Å². The van der Waals surface area contributed by atoms with Crippen LogP contribution < -0.4 is 5.32 Å². The maximum Gasteiger partial charge on any atom is 0.253 e. The van der Waals surface area contributed by atoms with E-state index in [0.717, 1.165) is 57.7 Å². The number of hydrogen-bond donors (Lipinski definition) is 1. The Morgan fingerprint density at radius 3 is 2.65 bits per heavy atom. The number of ether oxygens (including phenoxy) is 1. The average Bonchev–Trinajstić information content (AvgIpc) is 3.18. The monoisotopic (exact) mass is 274 g/mol. The highest BCUT2D eigenvalue weighted by Crippen LogP contribution is 2.14. The Hall–Kier alpha value is -1.39. The molecule has 108 valence electrons. The van der Waals surface area contributed by atoms with Crippen molar-refractivity contribution in [3.63, 3.8) is 0 Å². The van der Waals surface area contributed by atoms with E-state index in [9.17, 15) is 4.79 Å². The van der Waals surface area contributed by atoms with Gasteiger partial charge in [-0.2, -0.15) is 0 Å². The van der Waals surface area contributed by atoms with E-state index in [1.165, 1.54) is 5.56 Å². The summed E-state index contributed by atoms with van der Waals surface area (Å²) in [5.74, 6) is 0.172. The molecule has 0 saturated carbocycles. The second-order valence-corrected chi connectivity index (χ2v) is 5.64. The van der Waals surface area contributed by atoms with Gasteiger partial charge in [0.25, 0.3) is 5.91 Å². The summed E-state index contributed by atoms with van der Waals surface area (Å²) in [7, 11) is 0. The first kappa shape index (κ1) is 13.6. The van der Waals surface area contributed by atoms with Crippen molar-refractivity contribution < 1.29 is 9.53 Å². The van der Waals surface area contributed by atoms with Crippen molar-refractivity contribution in [1.29, 1.82) is 0 Å². The Balaban J connectivity index is 1.54. The minimum atomic E-state index is 0.172. The molecule has 2 aliphatic rings. The third kappa shape index (κ3) is 3.19. The van der Waals surface area contributed by atoms with Gasteiger partial charge in [-0.05, 0) is 37.0 Å². The molecule has 4 nitrogen and oxygen atoms in total. The first-order valence-corrected chi connectivity index (χ1v) is 7.52. The van der Waals surface area contributed by atoms with Crippen LogP contribution in [0.15, 0.2) is 24.3 Å². The van der Waals surface area contributed by atoms with E-state index in [-0.39, 0.29) is 5.91 Å². The summed E-state index contributed by atoms with van der Waals surface area (Å²) in [6.45, 7) is 4.33. The summed E-state index contributed by atoms with van der Waals surface area (Å²) >= 11 is 0. The van der Waals surface area contributed by atoms with E-state index in [2.05, 4.69) is 5.32 Å². The molecule has 2 saturated heterocycles. The predicted octanol–water partition coefficient (Wildman–Crippen LogP) is 1.80. The molecule has 20 heavy (non-hydrogen) atoms. The molecule has 0 aliphatic carbocycles. The van der Waals surface area contributed by atoms with Crippen LogP contribution in [0.4, 0.5) is 0 Å². The van der Waals surface area contributed by atoms with Crippen LogP contribution in [0.2, 0.25) is 0 Å². The highest BCUT2D eigenvalue weighted by Gasteiger charge is 2.19. The van der Waals surface area contributed by atoms with Gasteiger partial charge in [-0.25, -0.2) is 0 Å². The number of nitrogens with one attached hydrogen (secondary N) is 1. The second kappa shape index (κ2) is 6.37. The topological polar surface area (TPSA) is 41.6 Å². The molecule has 0 spiro atoms. The lowest BCUT2D eigenvalue weighted by atomic mass is 10.1. The third-order valence-corrected chi connectivity index (χ3v) is 4.12. The molecule has 2 aliphatic heterocycles. The Morgan fingerprint density at radius 1 is 1.25 bits per heavy atom. The molecule has 1 aromatic carbocycles. The fraction of sp³-hybridized carbons (Fsp3) is 0.562. The number of likely N-dealkylation sites (tertiary alicyclic amines) is 1. The van der Waals surface area contributed by atoms with E-state index in [1.54, 1.807) is 0 Å². The molecule has 0 radical (unpaired) electrons. The molecule has 2 heterocycles. The fourth-order valence-corrected chi connectivity index (χ4v) is 2.83. The van der Waals surface area contributed by atoms with Crippen molar-refractivity contribution >= 4 is 5.91 Å². The van der Waals surface area contributed by atoms with Gasteiger partial charge in [0.1, 0.15) is 0 Å². The van der Waals surface area contributed by atoms with Crippen molar-refractivity contribution in [2.24, 2.45) is 0 Å². The molecule has 0 aromatic heterocycles. The van der Waals surface area contributed by atoms with Crippen LogP contribution in [0.1, 0.15) is 35.2 Å². The highest BCUT2D eigenvalue weighted by molar-refractivity contribution is 5.94. The van der Waals surface area contributed by atoms with Crippen molar-refractivity contribution in [2.75, 3.05) is 26.3 Å². The van der Waals surface area contributed by atoms with Gasteiger partial charge < -0.3 is 15.0 Å². The fourth-order valence-electron chi connectivity index (χ4n) is 2.83. The summed E-state index contributed by atoms with van der Waals surface area (Å²) < 4.78 is 5.34. The van der Waals surface area contributed by atoms with E-state index in [1.807, 2.05) is 29.2 Å². The van der Waals surface area contributed by atoms with Crippen LogP contribution in [-0.4, -0.2) is 43.2 Å². The third-order valence-electron chi connectivity index (χ3n) is 4.12. The zero-order valence-electron chi connectivity index (χ0n) is 11.8. The summed E-state index contributed by atoms with van der Waals surface area (Å²) in [6.07, 6.45) is 3.36. The lowest BCUT2D eigenvalue weighted by Crippen LogP contribution is -2.29. The zero-order valence-corrected chi connectivity index (χ0v) is 11.8. The molecular formula is C16H22N2O2. The standard InChI is InChI=1S/C16H22N2O2/c19-16(18-8-1-2-9-18)14-5-3-13(4-6-14)11-17-15-7-10-20-12-15/h3-6,15,17H,1-2,7-12H2. The van der Waals surface area contributed by atoms with E-state index in [0.29, 0.717) is 6.04 Å². The van der Waals surface area contributed by atoms with Crippen molar-refractivity contribution in [3.05, 3.63) is 35.4 Å². The molecule has 2 fully saturated rings. The van der Waals surface area contributed by atoms with Crippen molar-refractivity contribution in [1.82, 2.24) is 10.2 Å². The van der Waals surface area contributed by atoms with Crippen LogP contribution in [0.5, 0.6) is 0 Å². The molecule has 1 unspecified atom stereocenters. The highest BCUT2D eigenvalue weighted by atomic mass is 16.5. The van der Waals surface area contributed by atoms with Gasteiger partial charge in [0, 0.05) is 37.8 Å². The number of carbonyl (C=O) groups excluding carboxylic acids is 1. The van der Waals surface area contributed by atoms with Gasteiger partial charge in [0.15, 0.2) is 0 Å². The molecular weight excluding hydrogens is 252 g/mol. The molecule has 0 bridgehead atoms. The maximum absolute atomic E-state index is 12.2. The van der Waals surface area contributed by atoms with Gasteiger partial charge in [0.05, 0.1) is 6.61 Å². The Morgan fingerprint density at radius 2 is 2.00 bits per heavy atom. The number of carbonyl (C=O) groups is 1. The number of benzene rings is 1. The van der Waals surface area contributed by atoms with Crippen LogP contribution in [0.25, 0.3) is 0 Å². The van der Waals surface area contributed by atoms with Crippen LogP contribution in [0.3, 0.4) is 0 Å². The molecule has 1 aromatic rings. The van der Waals surface area contributed by atoms with E-state index >= 15 is 0 Å². The predicted molar refractivity (Wildman–Crippen MR) is 77.6 cm³/mol. The molecule has 1 N–H and O–H groups in total. The molecule has 3 rings (SSSR count). The molecule has 1 atom stereocenters. The summed E-state index contributed by atoms with van der Waals surface area (Å²) in [5, 5.41) is 3.48. The van der Waals surface area contributed by atoms with E-state index in [4.69, 9.17) is 4.74 Å². The van der Waals surface area contributed by atoms with E-state index < -0.39 is 0 Å². The maximum atomic E-state index is 12.2. The van der Waals surface area contributed by atoms with Crippen molar-refractivity contribution in [2.45, 2.75) is 31.8 Å². The first-order valence-electron chi connectivity index (χ1n) is 7.52. The SMILES string of the molecule is O=C(c1ccc(CNC2CCOC2)cc1)N1CCCC1. The van der Waals surface area contributed by atoms with Gasteiger partial charge >= 0.3 is 0 Å². The first-order chi connectivity index (χ1) is 9.83. The largest absolute Gasteiger partial charge is 0.380 e. The average molecular weight is 274 g/mol. The van der Waals surface area contributed by atoms with Crippen LogP contribution in [0, 0.1) is 0 Å². The summed E-state index contributed by atoms with van der Waals surface area (Å²) in [5.41, 5.74) is 2.02. The van der Waals surface area contributed by atoms with Gasteiger partial charge in [-0.15, -0.1) is 0 Å². The number of rotatable bonds is 4.